The van der Waals surface area contributed by atoms with Crippen LogP contribution in [0.5, 0.6) is 5.75 Å². The number of halogens is 4. The Labute approximate surface area is 167 Å². The summed E-state index contributed by atoms with van der Waals surface area (Å²) in [6.07, 6.45) is 1.13. The third-order valence-corrected chi connectivity index (χ3v) is 5.60. The highest BCUT2D eigenvalue weighted by atomic mass is 32.2. The van der Waals surface area contributed by atoms with E-state index in [2.05, 4.69) is 13.8 Å². The van der Waals surface area contributed by atoms with Crippen molar-refractivity contribution in [2.45, 2.75) is 50.3 Å². The minimum atomic E-state index is -5.45. The average molecular weight is 434 g/mol. The lowest BCUT2D eigenvalue weighted by molar-refractivity contribution is 0.305. The summed E-state index contributed by atoms with van der Waals surface area (Å²) in [6, 6.07) is 7.55. The van der Waals surface area contributed by atoms with Gasteiger partial charge in [0.2, 0.25) is 0 Å². The lowest BCUT2D eigenvalue weighted by Crippen LogP contribution is -2.13. The second-order valence-corrected chi connectivity index (χ2v) is 8.08. The molecule has 0 amide bonds. The quantitative estimate of drug-likeness (QED) is 0.248. The molecule has 0 aliphatic rings. The molecule has 2 aromatic carbocycles. The SMILES string of the molecule is CCC(C)c1ccc(OCCCCc2c(F)c(F)c(S(=O)(=O)O)c(F)c2F)cc1. The van der Waals surface area contributed by atoms with Crippen LogP contribution in [0.15, 0.2) is 29.2 Å². The molecule has 9 heteroatoms. The first-order valence-electron chi connectivity index (χ1n) is 9.13. The van der Waals surface area contributed by atoms with Crippen molar-refractivity contribution in [2.75, 3.05) is 6.61 Å². The molecule has 4 nitrogen and oxygen atoms in total. The van der Waals surface area contributed by atoms with Crippen LogP contribution in [0.4, 0.5) is 17.6 Å². The number of benzene rings is 2. The third kappa shape index (κ3) is 5.48. The van der Waals surface area contributed by atoms with Crippen molar-refractivity contribution in [2.24, 2.45) is 0 Å². The Bertz CT molecular complexity index is 930. The average Bonchev–Trinajstić information content (AvgIpc) is 2.67. The lowest BCUT2D eigenvalue weighted by atomic mass is 9.99. The van der Waals surface area contributed by atoms with E-state index in [-0.39, 0.29) is 19.4 Å². The zero-order chi connectivity index (χ0) is 21.8. The minimum Gasteiger partial charge on any atom is -0.494 e. The smallest absolute Gasteiger partial charge is 0.300 e. The van der Waals surface area contributed by atoms with Crippen molar-refractivity contribution < 1.29 is 35.3 Å². The van der Waals surface area contributed by atoms with Gasteiger partial charge in [-0.25, -0.2) is 17.6 Å². The summed E-state index contributed by atoms with van der Waals surface area (Å²) in [5.41, 5.74) is 0.272. The molecule has 160 valence electrons. The van der Waals surface area contributed by atoms with Crippen molar-refractivity contribution in [1.29, 1.82) is 0 Å². The summed E-state index contributed by atoms with van der Waals surface area (Å²) in [5.74, 6) is -6.89. The first-order valence-corrected chi connectivity index (χ1v) is 10.6. The van der Waals surface area contributed by atoms with E-state index >= 15 is 0 Å². The summed E-state index contributed by atoms with van der Waals surface area (Å²) in [6.45, 7) is 4.43. The number of unbranched alkanes of at least 4 members (excludes halogenated alkanes) is 1. The van der Waals surface area contributed by atoms with Gasteiger partial charge in [-0.1, -0.05) is 26.0 Å². The maximum atomic E-state index is 14.0. The molecule has 0 spiro atoms. The second kappa shape index (κ2) is 9.58. The number of hydrogen-bond donors (Lipinski definition) is 1. The van der Waals surface area contributed by atoms with Gasteiger partial charge in [0.05, 0.1) is 6.61 Å². The maximum Gasteiger partial charge on any atom is 0.300 e. The standard InChI is InChI=1S/C20H22F4O4S/c1-3-12(2)13-7-9-14(10-8-13)28-11-5-4-6-15-16(21)18(23)20(29(25,26)27)19(24)17(15)22/h7-10,12H,3-6,11H2,1-2H3,(H,25,26,27). The predicted molar refractivity (Wildman–Crippen MR) is 99.7 cm³/mol. The molecule has 0 aliphatic heterocycles. The largest absolute Gasteiger partial charge is 0.494 e. The predicted octanol–water partition coefficient (Wildman–Crippen LogP) is 5.40. The van der Waals surface area contributed by atoms with Gasteiger partial charge in [-0.2, -0.15) is 8.42 Å². The fourth-order valence-electron chi connectivity index (χ4n) is 2.83. The van der Waals surface area contributed by atoms with Crippen LogP contribution in [0.25, 0.3) is 0 Å². The Kier molecular flexibility index (Phi) is 7.65. The topological polar surface area (TPSA) is 63.6 Å². The molecule has 2 aromatic rings. The molecular formula is C20H22F4O4S. The molecule has 0 fully saturated rings. The van der Waals surface area contributed by atoms with Crippen molar-refractivity contribution in [3.63, 3.8) is 0 Å². The lowest BCUT2D eigenvalue weighted by Gasteiger charge is -2.12. The fourth-order valence-corrected chi connectivity index (χ4v) is 3.46. The molecule has 1 atom stereocenters. The molecule has 2 rings (SSSR count). The number of ether oxygens (including phenoxy) is 1. The van der Waals surface area contributed by atoms with Gasteiger partial charge in [0.1, 0.15) is 5.75 Å². The van der Waals surface area contributed by atoms with Crippen LogP contribution in [0.2, 0.25) is 0 Å². The van der Waals surface area contributed by atoms with Crippen LogP contribution in [-0.2, 0) is 16.5 Å². The Morgan fingerprint density at radius 1 is 0.966 bits per heavy atom. The van der Waals surface area contributed by atoms with Crippen LogP contribution in [0.1, 0.15) is 50.2 Å². The molecule has 0 aromatic heterocycles. The van der Waals surface area contributed by atoms with Crippen molar-refractivity contribution in [1.82, 2.24) is 0 Å². The molecule has 29 heavy (non-hydrogen) atoms. The summed E-state index contributed by atoms with van der Waals surface area (Å²) in [4.78, 5) is -2.03. The number of hydrogen-bond acceptors (Lipinski definition) is 3. The van der Waals surface area contributed by atoms with Crippen molar-refractivity contribution in [3.05, 3.63) is 58.7 Å². The van der Waals surface area contributed by atoms with Gasteiger partial charge in [0, 0.05) is 5.56 Å². The van der Waals surface area contributed by atoms with E-state index < -0.39 is 43.8 Å². The van der Waals surface area contributed by atoms with E-state index in [9.17, 15) is 26.0 Å². The van der Waals surface area contributed by atoms with Gasteiger partial charge in [0.25, 0.3) is 0 Å². The van der Waals surface area contributed by atoms with Crippen molar-refractivity contribution >= 4 is 10.1 Å². The van der Waals surface area contributed by atoms with Crippen LogP contribution >= 0.6 is 0 Å². The van der Waals surface area contributed by atoms with Crippen molar-refractivity contribution in [3.8, 4) is 5.75 Å². The third-order valence-electron chi connectivity index (χ3n) is 4.72. The van der Waals surface area contributed by atoms with E-state index in [0.717, 1.165) is 6.42 Å². The summed E-state index contributed by atoms with van der Waals surface area (Å²) < 4.78 is 91.6. The van der Waals surface area contributed by atoms with Gasteiger partial charge < -0.3 is 4.74 Å². The highest BCUT2D eigenvalue weighted by molar-refractivity contribution is 7.85. The van der Waals surface area contributed by atoms with Gasteiger partial charge >= 0.3 is 10.1 Å². The Morgan fingerprint density at radius 2 is 1.52 bits per heavy atom. The maximum absolute atomic E-state index is 14.0. The van der Waals surface area contributed by atoms with Gasteiger partial charge in [-0.3, -0.25) is 4.55 Å². The molecule has 1 N–H and O–H groups in total. The number of rotatable bonds is 9. The van der Waals surface area contributed by atoms with E-state index in [0.29, 0.717) is 18.1 Å². The van der Waals surface area contributed by atoms with Crippen LogP contribution in [-0.4, -0.2) is 19.6 Å². The summed E-state index contributed by atoms with van der Waals surface area (Å²) >= 11 is 0. The van der Waals surface area contributed by atoms with Crippen LogP contribution < -0.4 is 4.74 Å². The van der Waals surface area contributed by atoms with Crippen LogP contribution in [0, 0.1) is 23.3 Å². The molecular weight excluding hydrogens is 412 g/mol. The van der Waals surface area contributed by atoms with Gasteiger partial charge in [-0.05, 0) is 49.3 Å². The molecule has 0 bridgehead atoms. The normalized spacial score (nSPS) is 12.8. The summed E-state index contributed by atoms with van der Waals surface area (Å²) in [5, 5.41) is 0. The van der Waals surface area contributed by atoms with Gasteiger partial charge in [-0.15, -0.1) is 0 Å². The molecule has 1 unspecified atom stereocenters. The minimum absolute atomic E-state index is 0.142. The van der Waals surface area contributed by atoms with Gasteiger partial charge in [0.15, 0.2) is 28.2 Å². The highest BCUT2D eigenvalue weighted by Gasteiger charge is 2.31. The second-order valence-electron chi connectivity index (χ2n) is 6.72. The Hall–Kier alpha value is -2.13. The van der Waals surface area contributed by atoms with E-state index in [1.807, 2.05) is 24.3 Å². The Balaban J connectivity index is 1.96. The Morgan fingerprint density at radius 3 is 2.00 bits per heavy atom. The monoisotopic (exact) mass is 434 g/mol. The first-order chi connectivity index (χ1) is 13.6. The van der Waals surface area contributed by atoms with E-state index in [1.165, 1.54) is 5.56 Å². The van der Waals surface area contributed by atoms with E-state index in [1.54, 1.807) is 0 Å². The fraction of sp³-hybridized carbons (Fsp3) is 0.400. The molecule has 0 saturated heterocycles. The first kappa shape index (κ1) is 23.2. The summed E-state index contributed by atoms with van der Waals surface area (Å²) in [7, 11) is -5.45. The molecule has 0 radical (unpaired) electrons. The molecule has 0 aliphatic carbocycles. The molecule has 0 heterocycles. The van der Waals surface area contributed by atoms with Crippen LogP contribution in [0.3, 0.4) is 0 Å². The molecule has 0 saturated carbocycles. The van der Waals surface area contributed by atoms with E-state index in [4.69, 9.17) is 9.29 Å². The highest BCUT2D eigenvalue weighted by Crippen LogP contribution is 2.28. The zero-order valence-corrected chi connectivity index (χ0v) is 16.8. The zero-order valence-electron chi connectivity index (χ0n) is 16.0.